The van der Waals surface area contributed by atoms with Gasteiger partial charge >= 0.3 is 0 Å². The summed E-state index contributed by atoms with van der Waals surface area (Å²) in [4.78, 5) is 4.22. The summed E-state index contributed by atoms with van der Waals surface area (Å²) < 4.78 is 15.2. The van der Waals surface area contributed by atoms with Gasteiger partial charge in [0.15, 0.2) is 5.82 Å². The molecule has 2 N–H and O–H groups in total. The molecule has 0 saturated heterocycles. The van der Waals surface area contributed by atoms with Gasteiger partial charge in [-0.3, -0.25) is 0 Å². The van der Waals surface area contributed by atoms with Gasteiger partial charge in [0.1, 0.15) is 12.1 Å². The Morgan fingerprint density at radius 1 is 1.14 bits per heavy atom. The number of halogens is 3. The number of hydrogen-bond acceptors (Lipinski definition) is 3. The first-order valence-corrected chi connectivity index (χ1v) is 7.20. The highest BCUT2D eigenvalue weighted by atomic mass is 35.5. The van der Waals surface area contributed by atoms with Gasteiger partial charge in [-0.05, 0) is 36.4 Å². The molecule has 0 spiro atoms. The lowest BCUT2D eigenvalue weighted by Gasteiger charge is -2.05. The zero-order valence-corrected chi connectivity index (χ0v) is 12.8. The van der Waals surface area contributed by atoms with E-state index in [1.54, 1.807) is 29.2 Å². The Bertz CT molecular complexity index is 815. The van der Waals surface area contributed by atoms with E-state index in [0.29, 0.717) is 22.0 Å². The van der Waals surface area contributed by atoms with E-state index in [4.69, 9.17) is 28.9 Å². The van der Waals surface area contributed by atoms with Crippen molar-refractivity contribution in [2.75, 3.05) is 0 Å². The van der Waals surface area contributed by atoms with Crippen molar-refractivity contribution in [3.05, 3.63) is 64.2 Å². The summed E-state index contributed by atoms with van der Waals surface area (Å²) >= 11 is 11.9. The van der Waals surface area contributed by atoms with Crippen molar-refractivity contribution in [1.82, 2.24) is 14.8 Å². The van der Waals surface area contributed by atoms with Crippen LogP contribution >= 0.6 is 23.2 Å². The van der Waals surface area contributed by atoms with E-state index in [9.17, 15) is 4.39 Å². The third kappa shape index (κ3) is 2.83. The zero-order valence-electron chi connectivity index (χ0n) is 11.3. The van der Waals surface area contributed by atoms with Crippen LogP contribution in [0.1, 0.15) is 5.56 Å². The van der Waals surface area contributed by atoms with Gasteiger partial charge in [0, 0.05) is 22.7 Å². The Morgan fingerprint density at radius 2 is 1.86 bits per heavy atom. The Hall–Kier alpha value is -1.95. The zero-order chi connectivity index (χ0) is 15.7. The molecule has 0 aliphatic heterocycles. The SMILES string of the molecule is NCc1cc(-c2ncn(-c3ccc(Cl)cc3)n2)c(Cl)cc1F. The summed E-state index contributed by atoms with van der Waals surface area (Å²) in [6, 6.07) is 9.95. The summed E-state index contributed by atoms with van der Waals surface area (Å²) in [5.74, 6) is -0.0389. The van der Waals surface area contributed by atoms with Gasteiger partial charge in [0.25, 0.3) is 0 Å². The highest BCUT2D eigenvalue weighted by molar-refractivity contribution is 6.33. The van der Waals surface area contributed by atoms with Crippen LogP contribution in [0.25, 0.3) is 17.1 Å². The van der Waals surface area contributed by atoms with E-state index >= 15 is 0 Å². The van der Waals surface area contributed by atoms with E-state index in [1.165, 1.54) is 6.07 Å². The lowest BCUT2D eigenvalue weighted by atomic mass is 10.1. The summed E-state index contributed by atoms with van der Waals surface area (Å²) in [5.41, 5.74) is 7.22. The molecule has 0 fully saturated rings. The van der Waals surface area contributed by atoms with Crippen molar-refractivity contribution in [2.45, 2.75) is 6.54 Å². The van der Waals surface area contributed by atoms with Crippen molar-refractivity contribution in [1.29, 1.82) is 0 Å². The number of nitrogens with zero attached hydrogens (tertiary/aromatic N) is 3. The Balaban J connectivity index is 2.02. The molecule has 0 unspecified atom stereocenters. The Kier molecular flexibility index (Phi) is 4.11. The van der Waals surface area contributed by atoms with Gasteiger partial charge in [-0.25, -0.2) is 14.1 Å². The molecule has 0 aliphatic rings. The van der Waals surface area contributed by atoms with E-state index in [2.05, 4.69) is 10.1 Å². The molecule has 3 aromatic rings. The van der Waals surface area contributed by atoms with Crippen molar-refractivity contribution >= 4 is 23.2 Å². The molecule has 112 valence electrons. The fraction of sp³-hybridized carbons (Fsp3) is 0.0667. The molecule has 2 aromatic carbocycles. The van der Waals surface area contributed by atoms with Gasteiger partial charge in [-0.1, -0.05) is 23.2 Å². The predicted octanol–water partition coefficient (Wildman–Crippen LogP) is 3.84. The Morgan fingerprint density at radius 3 is 2.55 bits per heavy atom. The highest BCUT2D eigenvalue weighted by Crippen LogP contribution is 2.28. The maximum absolute atomic E-state index is 13.6. The lowest BCUT2D eigenvalue weighted by molar-refractivity contribution is 0.611. The van der Waals surface area contributed by atoms with Crippen LogP contribution < -0.4 is 5.73 Å². The standard InChI is InChI=1S/C15H11Cl2FN4/c16-10-1-3-11(4-2-10)22-8-20-15(21-22)12-5-9(7-19)14(18)6-13(12)17/h1-6,8H,7,19H2. The van der Waals surface area contributed by atoms with Gasteiger partial charge in [-0.15, -0.1) is 5.10 Å². The summed E-state index contributed by atoms with van der Waals surface area (Å²) in [7, 11) is 0. The van der Waals surface area contributed by atoms with Crippen molar-refractivity contribution in [2.24, 2.45) is 5.73 Å². The van der Waals surface area contributed by atoms with E-state index in [0.717, 1.165) is 5.69 Å². The third-order valence-electron chi connectivity index (χ3n) is 3.18. The van der Waals surface area contributed by atoms with Crippen LogP contribution in [0.15, 0.2) is 42.7 Å². The minimum atomic E-state index is -0.437. The second-order valence-corrected chi connectivity index (χ2v) is 5.46. The van der Waals surface area contributed by atoms with Crippen molar-refractivity contribution < 1.29 is 4.39 Å². The smallest absolute Gasteiger partial charge is 0.183 e. The number of aromatic nitrogens is 3. The quantitative estimate of drug-likeness (QED) is 0.790. The number of nitrogens with two attached hydrogens (primary N) is 1. The summed E-state index contributed by atoms with van der Waals surface area (Å²) in [6.45, 7) is 0.0773. The van der Waals surface area contributed by atoms with Crippen LogP contribution in [0.3, 0.4) is 0 Å². The first-order chi connectivity index (χ1) is 10.6. The maximum Gasteiger partial charge on any atom is 0.183 e. The number of rotatable bonds is 3. The third-order valence-corrected chi connectivity index (χ3v) is 3.74. The molecular weight excluding hydrogens is 326 g/mol. The van der Waals surface area contributed by atoms with E-state index in [1.807, 2.05) is 12.1 Å². The van der Waals surface area contributed by atoms with Gasteiger partial charge < -0.3 is 5.73 Å². The molecule has 3 rings (SSSR count). The van der Waals surface area contributed by atoms with Gasteiger partial charge in [-0.2, -0.15) is 0 Å². The lowest BCUT2D eigenvalue weighted by Crippen LogP contribution is -2.01. The van der Waals surface area contributed by atoms with E-state index < -0.39 is 5.82 Å². The second-order valence-electron chi connectivity index (χ2n) is 4.62. The number of benzene rings is 2. The Labute approximate surface area is 136 Å². The van der Waals surface area contributed by atoms with E-state index in [-0.39, 0.29) is 11.6 Å². The molecule has 1 heterocycles. The number of hydrogen-bond donors (Lipinski definition) is 1. The summed E-state index contributed by atoms with van der Waals surface area (Å²) in [5, 5.41) is 5.24. The molecule has 0 aliphatic carbocycles. The molecule has 0 bridgehead atoms. The molecule has 22 heavy (non-hydrogen) atoms. The average molecular weight is 337 g/mol. The minimum Gasteiger partial charge on any atom is -0.326 e. The summed E-state index contributed by atoms with van der Waals surface area (Å²) in [6.07, 6.45) is 1.56. The molecule has 7 heteroatoms. The largest absolute Gasteiger partial charge is 0.326 e. The van der Waals surface area contributed by atoms with Crippen LogP contribution in [0.4, 0.5) is 4.39 Å². The fourth-order valence-corrected chi connectivity index (χ4v) is 2.39. The van der Waals surface area contributed by atoms with Crippen molar-refractivity contribution in [3.8, 4) is 17.1 Å². The highest BCUT2D eigenvalue weighted by Gasteiger charge is 2.13. The molecule has 0 saturated carbocycles. The van der Waals surface area contributed by atoms with Crippen LogP contribution in [-0.4, -0.2) is 14.8 Å². The second kappa shape index (κ2) is 6.04. The van der Waals surface area contributed by atoms with Crippen LogP contribution in [-0.2, 0) is 6.54 Å². The monoisotopic (exact) mass is 336 g/mol. The van der Waals surface area contributed by atoms with Gasteiger partial charge in [0.2, 0.25) is 0 Å². The normalized spacial score (nSPS) is 10.9. The fourth-order valence-electron chi connectivity index (χ4n) is 2.03. The maximum atomic E-state index is 13.6. The molecule has 0 atom stereocenters. The molecule has 0 radical (unpaired) electrons. The van der Waals surface area contributed by atoms with Crippen molar-refractivity contribution in [3.63, 3.8) is 0 Å². The molecule has 0 amide bonds. The average Bonchev–Trinajstić information content (AvgIpc) is 2.98. The first kappa shape index (κ1) is 15.0. The molecule has 4 nitrogen and oxygen atoms in total. The molecule has 1 aromatic heterocycles. The minimum absolute atomic E-state index is 0.0773. The van der Waals surface area contributed by atoms with Crippen LogP contribution in [0.5, 0.6) is 0 Å². The van der Waals surface area contributed by atoms with Crippen LogP contribution in [0.2, 0.25) is 10.0 Å². The molecular formula is C15H11Cl2FN4. The van der Waals surface area contributed by atoms with Crippen LogP contribution in [0, 0.1) is 5.82 Å². The topological polar surface area (TPSA) is 56.7 Å². The predicted molar refractivity (Wildman–Crippen MR) is 84.7 cm³/mol. The van der Waals surface area contributed by atoms with Gasteiger partial charge in [0.05, 0.1) is 10.7 Å². The first-order valence-electron chi connectivity index (χ1n) is 6.44.